The van der Waals surface area contributed by atoms with Crippen molar-refractivity contribution < 1.29 is 9.32 Å². The molecule has 1 aliphatic heterocycles. The lowest BCUT2D eigenvalue weighted by Gasteiger charge is -2.30. The molecular formula is C20H19N5O2S. The summed E-state index contributed by atoms with van der Waals surface area (Å²) in [6.07, 6.45) is 3.07. The van der Waals surface area contributed by atoms with E-state index in [1.807, 2.05) is 53.0 Å². The molecule has 0 unspecified atom stereocenters. The van der Waals surface area contributed by atoms with Gasteiger partial charge in [-0.15, -0.1) is 11.3 Å². The molecule has 5 rings (SSSR count). The molecule has 0 aliphatic carbocycles. The van der Waals surface area contributed by atoms with Gasteiger partial charge in [0.05, 0.1) is 4.88 Å². The summed E-state index contributed by atoms with van der Waals surface area (Å²) in [6.45, 7) is 1.41. The molecule has 8 heteroatoms. The second-order valence-electron chi connectivity index (χ2n) is 7.02. The number of amides is 1. The highest BCUT2D eigenvalue weighted by Crippen LogP contribution is 2.35. The molecule has 4 heterocycles. The van der Waals surface area contributed by atoms with E-state index in [0.717, 1.165) is 45.0 Å². The summed E-state index contributed by atoms with van der Waals surface area (Å²) in [6, 6.07) is 12.1. The van der Waals surface area contributed by atoms with Gasteiger partial charge in [-0.1, -0.05) is 35.5 Å². The average molecular weight is 393 g/mol. The topological polar surface area (TPSA) is 77.0 Å². The van der Waals surface area contributed by atoms with E-state index in [9.17, 15) is 4.79 Å². The lowest BCUT2D eigenvalue weighted by atomic mass is 9.96. The lowest BCUT2D eigenvalue weighted by Crippen LogP contribution is -2.37. The summed E-state index contributed by atoms with van der Waals surface area (Å²) in [7, 11) is 1.93. The van der Waals surface area contributed by atoms with Crippen LogP contribution in [-0.2, 0) is 7.05 Å². The van der Waals surface area contributed by atoms with Crippen molar-refractivity contribution in [3.8, 4) is 11.3 Å². The van der Waals surface area contributed by atoms with Crippen LogP contribution in [0.2, 0.25) is 0 Å². The Morgan fingerprint density at radius 3 is 2.71 bits per heavy atom. The van der Waals surface area contributed by atoms with Crippen LogP contribution in [-0.4, -0.2) is 43.8 Å². The van der Waals surface area contributed by atoms with Crippen molar-refractivity contribution >= 4 is 27.5 Å². The monoisotopic (exact) mass is 393 g/mol. The molecule has 0 bridgehead atoms. The maximum Gasteiger partial charge on any atom is 0.264 e. The van der Waals surface area contributed by atoms with Crippen molar-refractivity contribution in [3.05, 3.63) is 53.5 Å². The zero-order valence-electron chi connectivity index (χ0n) is 15.4. The number of benzene rings is 1. The number of likely N-dealkylation sites (tertiary alicyclic amines) is 1. The lowest BCUT2D eigenvalue weighted by molar-refractivity contribution is 0.0715. The third kappa shape index (κ3) is 2.90. The third-order valence-electron chi connectivity index (χ3n) is 5.30. The van der Waals surface area contributed by atoms with Gasteiger partial charge in [-0.05, 0) is 18.9 Å². The molecule has 0 N–H and O–H groups in total. The molecule has 4 aromatic rings. The van der Waals surface area contributed by atoms with Crippen LogP contribution in [0.25, 0.3) is 21.5 Å². The molecule has 1 fully saturated rings. The predicted molar refractivity (Wildman–Crippen MR) is 106 cm³/mol. The van der Waals surface area contributed by atoms with Crippen LogP contribution in [0, 0.1) is 0 Å². The SMILES string of the molecule is Cn1nc(-c2ccccc2)c2cc(C(=O)N3CCC(c4ncon4)CC3)sc21. The van der Waals surface area contributed by atoms with E-state index in [-0.39, 0.29) is 11.8 Å². The van der Waals surface area contributed by atoms with Gasteiger partial charge in [0.2, 0.25) is 6.39 Å². The summed E-state index contributed by atoms with van der Waals surface area (Å²) in [5.74, 6) is 1.10. The number of aryl methyl sites for hydroxylation is 1. The van der Waals surface area contributed by atoms with Gasteiger partial charge in [-0.2, -0.15) is 10.1 Å². The Kier molecular flexibility index (Phi) is 4.20. The van der Waals surface area contributed by atoms with E-state index in [1.165, 1.54) is 17.7 Å². The molecule has 1 aromatic carbocycles. The maximum absolute atomic E-state index is 13.1. The van der Waals surface area contributed by atoms with Crippen molar-refractivity contribution in [2.45, 2.75) is 18.8 Å². The number of nitrogens with zero attached hydrogens (tertiary/aromatic N) is 5. The highest BCUT2D eigenvalue weighted by atomic mass is 32.1. The number of piperidine rings is 1. The van der Waals surface area contributed by atoms with Gasteiger partial charge in [0.25, 0.3) is 5.91 Å². The summed E-state index contributed by atoms with van der Waals surface area (Å²) in [5.41, 5.74) is 1.98. The van der Waals surface area contributed by atoms with Gasteiger partial charge in [-0.25, -0.2) is 0 Å². The summed E-state index contributed by atoms with van der Waals surface area (Å²) < 4.78 is 6.71. The minimum atomic E-state index is 0.0896. The second kappa shape index (κ2) is 6.87. The number of fused-ring (bicyclic) bond motifs is 1. The number of thiophene rings is 1. The zero-order chi connectivity index (χ0) is 19.1. The maximum atomic E-state index is 13.1. The molecule has 1 saturated heterocycles. The Balaban J connectivity index is 1.39. The van der Waals surface area contributed by atoms with Crippen molar-refractivity contribution in [1.29, 1.82) is 0 Å². The second-order valence-corrected chi connectivity index (χ2v) is 8.05. The molecule has 0 spiro atoms. The molecule has 7 nitrogen and oxygen atoms in total. The Labute approximate surface area is 165 Å². The van der Waals surface area contributed by atoms with Crippen molar-refractivity contribution in [1.82, 2.24) is 24.8 Å². The largest absolute Gasteiger partial charge is 0.343 e. The molecule has 0 saturated carbocycles. The van der Waals surface area contributed by atoms with Crippen LogP contribution in [0.1, 0.15) is 34.3 Å². The van der Waals surface area contributed by atoms with E-state index in [1.54, 1.807) is 0 Å². The van der Waals surface area contributed by atoms with E-state index >= 15 is 0 Å². The van der Waals surface area contributed by atoms with Gasteiger partial charge in [0.15, 0.2) is 5.82 Å². The van der Waals surface area contributed by atoms with Gasteiger partial charge in [0.1, 0.15) is 10.5 Å². The Morgan fingerprint density at radius 2 is 2.00 bits per heavy atom. The summed E-state index contributed by atoms with van der Waals surface area (Å²) >= 11 is 1.51. The van der Waals surface area contributed by atoms with Gasteiger partial charge >= 0.3 is 0 Å². The zero-order valence-corrected chi connectivity index (χ0v) is 16.2. The summed E-state index contributed by atoms with van der Waals surface area (Å²) in [5, 5.41) is 9.62. The molecule has 1 amide bonds. The van der Waals surface area contributed by atoms with Crippen molar-refractivity contribution in [2.24, 2.45) is 7.05 Å². The van der Waals surface area contributed by atoms with Gasteiger partial charge < -0.3 is 9.42 Å². The number of carbonyl (C=O) groups is 1. The van der Waals surface area contributed by atoms with Gasteiger partial charge in [0, 0.05) is 37.0 Å². The smallest absolute Gasteiger partial charge is 0.264 e. The van der Waals surface area contributed by atoms with Crippen LogP contribution in [0.4, 0.5) is 0 Å². The first-order chi connectivity index (χ1) is 13.7. The first-order valence-electron chi connectivity index (χ1n) is 9.28. The number of hydrogen-bond acceptors (Lipinski definition) is 6. The van der Waals surface area contributed by atoms with Crippen LogP contribution < -0.4 is 0 Å². The number of hydrogen-bond donors (Lipinski definition) is 0. The number of aromatic nitrogens is 4. The Bertz CT molecular complexity index is 1110. The molecule has 1 aliphatic rings. The fourth-order valence-electron chi connectivity index (χ4n) is 3.81. The van der Waals surface area contributed by atoms with Crippen LogP contribution in [0.15, 0.2) is 47.3 Å². The first kappa shape index (κ1) is 17.1. The van der Waals surface area contributed by atoms with Gasteiger partial charge in [-0.3, -0.25) is 9.48 Å². The molecular weight excluding hydrogens is 374 g/mol. The quantitative estimate of drug-likeness (QED) is 0.530. The van der Waals surface area contributed by atoms with Crippen LogP contribution in [0.5, 0.6) is 0 Å². The normalized spacial score (nSPS) is 15.4. The Hall–Kier alpha value is -3.00. The van der Waals surface area contributed by atoms with Crippen LogP contribution in [0.3, 0.4) is 0 Å². The number of rotatable bonds is 3. The van der Waals surface area contributed by atoms with E-state index in [4.69, 9.17) is 4.52 Å². The minimum Gasteiger partial charge on any atom is -0.343 e. The fraction of sp³-hybridized carbons (Fsp3) is 0.300. The Morgan fingerprint density at radius 1 is 1.21 bits per heavy atom. The summed E-state index contributed by atoms with van der Waals surface area (Å²) in [4.78, 5) is 20.9. The molecule has 0 atom stereocenters. The number of carbonyl (C=O) groups excluding carboxylic acids is 1. The standard InChI is InChI=1S/C20H19N5O2S/c1-24-20-15(17(22-24)13-5-3-2-4-6-13)11-16(28-20)19(26)25-9-7-14(8-10-25)18-21-12-27-23-18/h2-6,11-12,14H,7-10H2,1H3. The predicted octanol–water partition coefficient (Wildman–Crippen LogP) is 3.70. The first-order valence-corrected chi connectivity index (χ1v) is 10.1. The van der Waals surface area contributed by atoms with E-state index in [2.05, 4.69) is 15.2 Å². The molecule has 0 radical (unpaired) electrons. The molecule has 28 heavy (non-hydrogen) atoms. The van der Waals surface area contributed by atoms with Crippen molar-refractivity contribution in [3.63, 3.8) is 0 Å². The van der Waals surface area contributed by atoms with E-state index in [0.29, 0.717) is 13.1 Å². The minimum absolute atomic E-state index is 0.0896. The average Bonchev–Trinajstić information content (AvgIpc) is 3.47. The fourth-order valence-corrected chi connectivity index (χ4v) is 4.85. The van der Waals surface area contributed by atoms with Crippen LogP contribution >= 0.6 is 11.3 Å². The van der Waals surface area contributed by atoms with E-state index < -0.39 is 0 Å². The molecule has 3 aromatic heterocycles. The van der Waals surface area contributed by atoms with Crippen molar-refractivity contribution in [2.75, 3.05) is 13.1 Å². The highest BCUT2D eigenvalue weighted by Gasteiger charge is 2.28. The third-order valence-corrected chi connectivity index (χ3v) is 6.49. The highest BCUT2D eigenvalue weighted by molar-refractivity contribution is 7.20. The molecule has 142 valence electrons.